The Labute approximate surface area is 180 Å². The summed E-state index contributed by atoms with van der Waals surface area (Å²) < 4.78 is 11.5. The number of carbonyl (C=O) groups is 2. The lowest BCUT2D eigenvalue weighted by molar-refractivity contribution is 0.0688. The molecule has 0 saturated heterocycles. The topological polar surface area (TPSA) is 93.8 Å². The van der Waals surface area contributed by atoms with Gasteiger partial charge in [-0.2, -0.15) is 0 Å². The average Bonchev–Trinajstić information content (AvgIpc) is 2.71. The van der Waals surface area contributed by atoms with Crippen molar-refractivity contribution < 1.29 is 23.8 Å². The van der Waals surface area contributed by atoms with E-state index < -0.39 is 23.1 Å². The third-order valence-electron chi connectivity index (χ3n) is 4.28. The minimum absolute atomic E-state index is 0.0263. The Balaban J connectivity index is 1.82. The molecule has 0 saturated carbocycles. The second kappa shape index (κ2) is 7.46. The van der Waals surface area contributed by atoms with Gasteiger partial charge < -0.3 is 14.3 Å². The SMILES string of the molecule is O=C(Oc1c(Br)c(Br)cc2cc(C(=O)O)c(=O)oc12)c1ccc2ccccc2c1. The highest BCUT2D eigenvalue weighted by atomic mass is 79.9. The van der Waals surface area contributed by atoms with E-state index in [0.29, 0.717) is 19.9 Å². The summed E-state index contributed by atoms with van der Waals surface area (Å²) in [7, 11) is 0. The molecule has 0 amide bonds. The summed E-state index contributed by atoms with van der Waals surface area (Å²) in [6, 6.07) is 15.4. The fourth-order valence-electron chi connectivity index (χ4n) is 2.89. The predicted octanol–water partition coefficient (Wildman–Crippen LogP) is 5.39. The molecule has 0 bridgehead atoms. The lowest BCUT2D eigenvalue weighted by atomic mass is 10.1. The molecule has 0 spiro atoms. The molecule has 0 aliphatic carbocycles. The molecule has 8 heteroatoms. The summed E-state index contributed by atoms with van der Waals surface area (Å²) in [5.74, 6) is -2.09. The van der Waals surface area contributed by atoms with Crippen molar-refractivity contribution >= 4 is 65.5 Å². The third-order valence-corrected chi connectivity index (χ3v) is 6.23. The number of rotatable bonds is 3. The molecule has 3 aromatic carbocycles. The van der Waals surface area contributed by atoms with Crippen LogP contribution >= 0.6 is 31.9 Å². The van der Waals surface area contributed by atoms with E-state index in [4.69, 9.17) is 14.3 Å². The lowest BCUT2D eigenvalue weighted by Gasteiger charge is -2.11. The maximum atomic E-state index is 12.8. The van der Waals surface area contributed by atoms with Crippen LogP contribution in [0.2, 0.25) is 0 Å². The summed E-state index contributed by atoms with van der Waals surface area (Å²) >= 11 is 6.63. The van der Waals surface area contributed by atoms with Crippen molar-refractivity contribution in [1.82, 2.24) is 0 Å². The standard InChI is InChI=1S/C21H10Br2O6/c22-15-9-13-8-14(19(24)25)21(27)28-17(13)18(16(15)23)29-20(26)12-6-5-10-3-1-2-4-11(10)7-12/h1-9H,(H,24,25). The van der Waals surface area contributed by atoms with Crippen LogP contribution in [0.4, 0.5) is 0 Å². The Bertz CT molecular complexity index is 1370. The molecule has 144 valence electrons. The van der Waals surface area contributed by atoms with Crippen LogP contribution in [-0.4, -0.2) is 17.0 Å². The van der Waals surface area contributed by atoms with Gasteiger partial charge in [0.05, 0.1) is 10.0 Å². The number of carboxylic acid groups (broad SMARTS) is 1. The molecule has 0 aliphatic rings. The lowest BCUT2D eigenvalue weighted by Crippen LogP contribution is -2.14. The summed E-state index contributed by atoms with van der Waals surface area (Å²) in [5.41, 5.74) is -1.28. The van der Waals surface area contributed by atoms with Gasteiger partial charge in [0.25, 0.3) is 0 Å². The van der Waals surface area contributed by atoms with Crippen LogP contribution in [0.3, 0.4) is 0 Å². The summed E-state index contributed by atoms with van der Waals surface area (Å²) in [6.07, 6.45) is 0. The fourth-order valence-corrected chi connectivity index (χ4v) is 3.69. The first-order valence-electron chi connectivity index (χ1n) is 8.25. The molecule has 0 aliphatic heterocycles. The van der Waals surface area contributed by atoms with Crippen LogP contribution in [0.15, 0.2) is 72.8 Å². The van der Waals surface area contributed by atoms with Gasteiger partial charge in [0.15, 0.2) is 11.3 Å². The van der Waals surface area contributed by atoms with Crippen LogP contribution in [-0.2, 0) is 0 Å². The van der Waals surface area contributed by atoms with Gasteiger partial charge in [-0.25, -0.2) is 14.4 Å². The van der Waals surface area contributed by atoms with Gasteiger partial charge in [0, 0.05) is 9.86 Å². The number of halogens is 2. The van der Waals surface area contributed by atoms with Gasteiger partial charge in [0.1, 0.15) is 5.56 Å². The molecule has 0 fully saturated rings. The highest BCUT2D eigenvalue weighted by Crippen LogP contribution is 2.39. The van der Waals surface area contributed by atoms with Gasteiger partial charge in [-0.05, 0) is 66.9 Å². The van der Waals surface area contributed by atoms with Gasteiger partial charge in [-0.3, -0.25) is 0 Å². The number of carbonyl (C=O) groups excluding carboxylic acids is 1. The summed E-state index contributed by atoms with van der Waals surface area (Å²) in [4.78, 5) is 36.0. The number of esters is 1. The molecule has 0 atom stereocenters. The molecule has 4 aromatic rings. The van der Waals surface area contributed by atoms with E-state index in [1.165, 1.54) is 6.07 Å². The zero-order valence-corrected chi connectivity index (χ0v) is 17.6. The number of fused-ring (bicyclic) bond motifs is 2. The highest BCUT2D eigenvalue weighted by molar-refractivity contribution is 9.13. The molecule has 0 unspecified atom stereocenters. The normalized spacial score (nSPS) is 11.0. The van der Waals surface area contributed by atoms with Gasteiger partial charge >= 0.3 is 17.6 Å². The Kier molecular flexibility index (Phi) is 4.97. The van der Waals surface area contributed by atoms with Gasteiger partial charge in [0.2, 0.25) is 0 Å². The first-order valence-corrected chi connectivity index (χ1v) is 9.84. The van der Waals surface area contributed by atoms with Crippen molar-refractivity contribution in [3.8, 4) is 5.75 Å². The van der Waals surface area contributed by atoms with Crippen LogP contribution in [0.25, 0.3) is 21.7 Å². The average molecular weight is 518 g/mol. The Morgan fingerprint density at radius 2 is 1.66 bits per heavy atom. The number of hydrogen-bond donors (Lipinski definition) is 1. The Hall–Kier alpha value is -2.97. The number of aromatic carboxylic acids is 1. The van der Waals surface area contributed by atoms with E-state index in [9.17, 15) is 14.4 Å². The molecule has 1 aromatic heterocycles. The second-order valence-electron chi connectivity index (χ2n) is 6.12. The summed E-state index contributed by atoms with van der Waals surface area (Å²) in [5, 5.41) is 11.3. The monoisotopic (exact) mass is 516 g/mol. The Morgan fingerprint density at radius 1 is 0.931 bits per heavy atom. The predicted molar refractivity (Wildman–Crippen MR) is 114 cm³/mol. The number of carboxylic acids is 1. The van der Waals surface area contributed by atoms with Crippen LogP contribution in [0.1, 0.15) is 20.7 Å². The maximum Gasteiger partial charge on any atom is 0.351 e. The molecule has 6 nitrogen and oxygen atoms in total. The maximum absolute atomic E-state index is 12.8. The van der Waals surface area contributed by atoms with Crippen molar-refractivity contribution in [2.24, 2.45) is 0 Å². The quantitative estimate of drug-likeness (QED) is 0.222. The van der Waals surface area contributed by atoms with Crippen molar-refractivity contribution in [2.45, 2.75) is 0 Å². The van der Waals surface area contributed by atoms with E-state index in [1.54, 1.807) is 24.3 Å². The van der Waals surface area contributed by atoms with E-state index in [0.717, 1.165) is 10.8 Å². The van der Waals surface area contributed by atoms with Crippen LogP contribution < -0.4 is 10.4 Å². The first-order chi connectivity index (χ1) is 13.8. The molecule has 1 N–H and O–H groups in total. The fraction of sp³-hybridized carbons (Fsp3) is 0. The second-order valence-corrected chi connectivity index (χ2v) is 7.77. The smallest absolute Gasteiger partial charge is 0.351 e. The zero-order valence-electron chi connectivity index (χ0n) is 14.4. The molecule has 4 rings (SSSR count). The van der Waals surface area contributed by atoms with Crippen molar-refractivity contribution in [2.75, 3.05) is 0 Å². The number of ether oxygens (including phenoxy) is 1. The molecule has 1 heterocycles. The van der Waals surface area contributed by atoms with Crippen molar-refractivity contribution in [3.05, 3.63) is 85.1 Å². The third kappa shape index (κ3) is 3.56. The first kappa shape index (κ1) is 19.4. The largest absolute Gasteiger partial charge is 0.477 e. The molecule has 29 heavy (non-hydrogen) atoms. The highest BCUT2D eigenvalue weighted by Gasteiger charge is 2.21. The number of benzene rings is 3. The number of hydrogen-bond acceptors (Lipinski definition) is 5. The van der Waals surface area contributed by atoms with E-state index in [2.05, 4.69) is 31.9 Å². The van der Waals surface area contributed by atoms with Crippen molar-refractivity contribution in [1.29, 1.82) is 0 Å². The summed E-state index contributed by atoms with van der Waals surface area (Å²) in [6.45, 7) is 0. The van der Waals surface area contributed by atoms with E-state index >= 15 is 0 Å². The molecule has 0 radical (unpaired) electrons. The molecular formula is C21H10Br2O6. The minimum Gasteiger partial charge on any atom is -0.477 e. The zero-order chi connectivity index (χ0) is 20.7. The van der Waals surface area contributed by atoms with Crippen LogP contribution in [0.5, 0.6) is 5.75 Å². The Morgan fingerprint density at radius 3 is 2.38 bits per heavy atom. The van der Waals surface area contributed by atoms with Crippen molar-refractivity contribution in [3.63, 3.8) is 0 Å². The van der Waals surface area contributed by atoms with Crippen LogP contribution in [0, 0.1) is 0 Å². The van der Waals surface area contributed by atoms with E-state index in [-0.39, 0.29) is 11.3 Å². The van der Waals surface area contributed by atoms with Gasteiger partial charge in [-0.1, -0.05) is 30.3 Å². The minimum atomic E-state index is -1.41. The van der Waals surface area contributed by atoms with E-state index in [1.807, 2.05) is 24.3 Å². The molecular weight excluding hydrogens is 508 g/mol. The van der Waals surface area contributed by atoms with Gasteiger partial charge in [-0.15, -0.1) is 0 Å².